The van der Waals surface area contributed by atoms with Crippen LogP contribution in [0, 0.1) is 11.6 Å². The fraction of sp³-hybridized carbons (Fsp3) is 0.529. The molecule has 2 rings (SSSR count). The van der Waals surface area contributed by atoms with Crippen molar-refractivity contribution >= 4 is 12.1 Å². The highest BCUT2D eigenvalue weighted by molar-refractivity contribution is 5.88. The summed E-state index contributed by atoms with van der Waals surface area (Å²) < 4.78 is 37.2. The number of halogens is 2. The molecule has 0 saturated carbocycles. The highest BCUT2D eigenvalue weighted by Gasteiger charge is 2.53. The van der Waals surface area contributed by atoms with Crippen LogP contribution in [0.2, 0.25) is 0 Å². The molecule has 1 aromatic rings. The number of methoxy groups -OCH3 is 1. The molecule has 132 valence electrons. The first-order valence-corrected chi connectivity index (χ1v) is 7.66. The Kier molecular flexibility index (Phi) is 4.82. The Morgan fingerprint density at radius 1 is 1.21 bits per heavy atom. The van der Waals surface area contributed by atoms with Gasteiger partial charge in [-0.05, 0) is 51.3 Å². The average Bonchev–Trinajstić information content (AvgIpc) is 2.93. The summed E-state index contributed by atoms with van der Waals surface area (Å²) in [5.74, 6) is -2.83. The summed E-state index contributed by atoms with van der Waals surface area (Å²) in [7, 11) is 1.19. The quantitative estimate of drug-likeness (QED) is 0.774. The first-order chi connectivity index (χ1) is 11.1. The number of rotatable bonds is 2. The van der Waals surface area contributed by atoms with E-state index < -0.39 is 34.8 Å². The highest BCUT2D eigenvalue weighted by Crippen LogP contribution is 2.41. The first kappa shape index (κ1) is 18.2. The minimum absolute atomic E-state index is 0.164. The maximum absolute atomic E-state index is 13.7. The van der Waals surface area contributed by atoms with Crippen molar-refractivity contribution in [3.63, 3.8) is 0 Å². The third-order valence-electron chi connectivity index (χ3n) is 3.92. The molecule has 0 aromatic heterocycles. The summed E-state index contributed by atoms with van der Waals surface area (Å²) in [5.41, 5.74) is -2.11. The molecule has 24 heavy (non-hydrogen) atoms. The van der Waals surface area contributed by atoms with Gasteiger partial charge < -0.3 is 9.47 Å². The van der Waals surface area contributed by atoms with Gasteiger partial charge >= 0.3 is 12.1 Å². The van der Waals surface area contributed by atoms with E-state index in [4.69, 9.17) is 9.47 Å². The summed E-state index contributed by atoms with van der Waals surface area (Å²) in [6, 6.07) is 3.15. The van der Waals surface area contributed by atoms with E-state index in [0.29, 0.717) is 6.42 Å². The van der Waals surface area contributed by atoms with Crippen molar-refractivity contribution in [3.05, 3.63) is 35.4 Å². The van der Waals surface area contributed by atoms with Crippen molar-refractivity contribution in [2.24, 2.45) is 0 Å². The molecule has 7 heteroatoms. The van der Waals surface area contributed by atoms with Crippen LogP contribution in [0.3, 0.4) is 0 Å². The van der Waals surface area contributed by atoms with Gasteiger partial charge in [-0.2, -0.15) is 0 Å². The predicted octanol–water partition coefficient (Wildman–Crippen LogP) is 3.36. The summed E-state index contributed by atoms with van der Waals surface area (Å²) >= 11 is 0. The maximum atomic E-state index is 13.7. The Bertz CT molecular complexity index is 656. The predicted molar refractivity (Wildman–Crippen MR) is 82.2 cm³/mol. The third-order valence-corrected chi connectivity index (χ3v) is 3.92. The van der Waals surface area contributed by atoms with Crippen LogP contribution < -0.4 is 0 Å². The van der Waals surface area contributed by atoms with Crippen LogP contribution in [-0.2, 0) is 19.8 Å². The van der Waals surface area contributed by atoms with Gasteiger partial charge in [0, 0.05) is 6.54 Å². The number of ether oxygens (including phenoxy) is 2. The normalized spacial score (nSPS) is 20.8. The van der Waals surface area contributed by atoms with E-state index in [2.05, 4.69) is 0 Å². The number of esters is 1. The van der Waals surface area contributed by atoms with Crippen molar-refractivity contribution in [2.75, 3.05) is 13.7 Å². The summed E-state index contributed by atoms with van der Waals surface area (Å²) in [6.45, 7) is 5.37. The lowest BCUT2D eigenvalue weighted by atomic mass is 9.87. The van der Waals surface area contributed by atoms with Gasteiger partial charge in [0.1, 0.15) is 5.60 Å². The van der Waals surface area contributed by atoms with Gasteiger partial charge in [-0.15, -0.1) is 0 Å². The fourth-order valence-electron chi connectivity index (χ4n) is 2.94. The molecule has 1 fully saturated rings. The molecule has 0 bridgehead atoms. The van der Waals surface area contributed by atoms with Gasteiger partial charge in [0.05, 0.1) is 7.11 Å². The minimum atomic E-state index is -1.52. The molecule has 0 radical (unpaired) electrons. The lowest BCUT2D eigenvalue weighted by Gasteiger charge is -2.37. The van der Waals surface area contributed by atoms with Crippen molar-refractivity contribution in [3.8, 4) is 0 Å². The van der Waals surface area contributed by atoms with Crippen LogP contribution in [0.15, 0.2) is 18.2 Å². The molecule has 1 aliphatic heterocycles. The van der Waals surface area contributed by atoms with Crippen molar-refractivity contribution in [1.29, 1.82) is 0 Å². The molecule has 1 atom stereocenters. The van der Waals surface area contributed by atoms with Crippen LogP contribution in [-0.4, -0.2) is 36.2 Å². The van der Waals surface area contributed by atoms with E-state index in [1.165, 1.54) is 18.1 Å². The van der Waals surface area contributed by atoms with Crippen LogP contribution in [0.5, 0.6) is 0 Å². The largest absolute Gasteiger partial charge is 0.467 e. The van der Waals surface area contributed by atoms with Crippen molar-refractivity contribution in [2.45, 2.75) is 44.8 Å². The number of hydrogen-bond acceptors (Lipinski definition) is 4. The number of carbonyl (C=O) groups excluding carboxylic acids is 2. The molecule has 1 amide bonds. The molecule has 1 aromatic carbocycles. The summed E-state index contributed by atoms with van der Waals surface area (Å²) in [6.07, 6.45) is 0.0484. The third kappa shape index (κ3) is 3.20. The monoisotopic (exact) mass is 341 g/mol. The summed E-state index contributed by atoms with van der Waals surface area (Å²) in [5, 5.41) is 0. The average molecular weight is 341 g/mol. The van der Waals surface area contributed by atoms with Gasteiger partial charge in [-0.3, -0.25) is 4.90 Å². The van der Waals surface area contributed by atoms with Gasteiger partial charge in [0.2, 0.25) is 0 Å². The molecule has 1 heterocycles. The van der Waals surface area contributed by atoms with E-state index >= 15 is 0 Å². The van der Waals surface area contributed by atoms with E-state index in [0.717, 1.165) is 12.1 Å². The van der Waals surface area contributed by atoms with Crippen LogP contribution in [0.25, 0.3) is 0 Å². The molecule has 1 saturated heterocycles. The van der Waals surface area contributed by atoms with Gasteiger partial charge in [0.15, 0.2) is 17.2 Å². The zero-order valence-electron chi connectivity index (χ0n) is 14.2. The minimum Gasteiger partial charge on any atom is -0.467 e. The molecule has 0 spiro atoms. The first-order valence-electron chi connectivity index (χ1n) is 7.66. The molecular formula is C17H21F2NO4. The summed E-state index contributed by atoms with van der Waals surface area (Å²) in [4.78, 5) is 26.3. The number of benzene rings is 1. The SMILES string of the molecule is COC(=O)C1(c2ccc(F)c(F)c2)CCCN1C(=O)OC(C)(C)C. The van der Waals surface area contributed by atoms with Crippen molar-refractivity contribution < 1.29 is 27.8 Å². The highest BCUT2D eigenvalue weighted by atomic mass is 19.2. The van der Waals surface area contributed by atoms with E-state index in [1.807, 2.05) is 0 Å². The number of amides is 1. The molecule has 5 nitrogen and oxygen atoms in total. The number of carbonyl (C=O) groups is 2. The van der Waals surface area contributed by atoms with Crippen molar-refractivity contribution in [1.82, 2.24) is 4.90 Å². The number of likely N-dealkylation sites (tertiary alicyclic amines) is 1. The topological polar surface area (TPSA) is 55.8 Å². The second-order valence-electron chi connectivity index (χ2n) is 6.72. The Morgan fingerprint density at radius 2 is 1.88 bits per heavy atom. The van der Waals surface area contributed by atoms with Gasteiger partial charge in [-0.1, -0.05) is 6.07 Å². The molecular weight excluding hydrogens is 320 g/mol. The lowest BCUT2D eigenvalue weighted by Crippen LogP contribution is -2.52. The number of nitrogens with zero attached hydrogens (tertiary/aromatic N) is 1. The van der Waals surface area contributed by atoms with Crippen LogP contribution >= 0.6 is 0 Å². The smallest absolute Gasteiger partial charge is 0.411 e. The zero-order chi connectivity index (χ0) is 18.1. The Hall–Kier alpha value is -2.18. The van der Waals surface area contributed by atoms with Gasteiger partial charge in [0.25, 0.3) is 0 Å². The maximum Gasteiger partial charge on any atom is 0.411 e. The molecule has 0 aliphatic carbocycles. The van der Waals surface area contributed by atoms with E-state index in [9.17, 15) is 18.4 Å². The fourth-order valence-corrected chi connectivity index (χ4v) is 2.94. The number of hydrogen-bond donors (Lipinski definition) is 0. The van der Waals surface area contributed by atoms with E-state index in [-0.39, 0.29) is 18.5 Å². The van der Waals surface area contributed by atoms with Gasteiger partial charge in [-0.25, -0.2) is 18.4 Å². The van der Waals surface area contributed by atoms with E-state index in [1.54, 1.807) is 20.8 Å². The molecule has 1 aliphatic rings. The Morgan fingerprint density at radius 3 is 2.42 bits per heavy atom. The molecule has 0 N–H and O–H groups in total. The molecule has 1 unspecified atom stereocenters. The zero-order valence-corrected chi connectivity index (χ0v) is 14.2. The Labute approximate surface area is 139 Å². The lowest BCUT2D eigenvalue weighted by molar-refractivity contribution is -0.154. The Balaban J connectivity index is 2.52. The van der Waals surface area contributed by atoms with Crippen LogP contribution in [0.1, 0.15) is 39.2 Å². The van der Waals surface area contributed by atoms with Crippen LogP contribution in [0.4, 0.5) is 13.6 Å². The standard InChI is InChI=1S/C17H21F2NO4/c1-16(2,3)24-15(22)20-9-5-8-17(20,14(21)23-4)11-6-7-12(18)13(19)10-11/h6-7,10H,5,8-9H2,1-4H3. The second kappa shape index (κ2) is 6.37. The second-order valence-corrected chi connectivity index (χ2v) is 6.72.